The Morgan fingerprint density at radius 1 is 0.756 bits per heavy atom. The summed E-state index contributed by atoms with van der Waals surface area (Å²) in [5.41, 5.74) is 1.82. The summed E-state index contributed by atoms with van der Waals surface area (Å²) in [5, 5.41) is 0. The van der Waals surface area contributed by atoms with E-state index in [0.29, 0.717) is 22.3 Å². The van der Waals surface area contributed by atoms with Crippen molar-refractivity contribution in [1.29, 1.82) is 0 Å². The lowest BCUT2D eigenvalue weighted by Gasteiger charge is -2.26. The van der Waals surface area contributed by atoms with Crippen molar-refractivity contribution >= 4 is 25.8 Å². The molecule has 0 aliphatic heterocycles. The maximum atomic E-state index is 14.0. The fourth-order valence-corrected chi connectivity index (χ4v) is 7.83. The number of rotatable bonds is 10. The Morgan fingerprint density at radius 3 is 1.98 bits per heavy atom. The number of sulfone groups is 1. The second-order valence-electron chi connectivity index (χ2n) is 10.6. The molecule has 45 heavy (non-hydrogen) atoms. The van der Waals surface area contributed by atoms with Crippen LogP contribution >= 0.6 is 0 Å². The molecule has 7 nitrogen and oxygen atoms in total. The number of benzene rings is 4. The molecule has 0 aromatic heterocycles. The zero-order valence-electron chi connectivity index (χ0n) is 25.1. The van der Waals surface area contributed by atoms with Crippen molar-refractivity contribution in [2.45, 2.75) is 49.8 Å². The number of hydrogen-bond donors (Lipinski definition) is 0. The van der Waals surface area contributed by atoms with E-state index in [-0.39, 0.29) is 39.6 Å². The third-order valence-electron chi connectivity index (χ3n) is 7.50. The summed E-state index contributed by atoms with van der Waals surface area (Å²) in [4.78, 5) is 11.5. The first-order valence-electron chi connectivity index (χ1n) is 13.8. The van der Waals surface area contributed by atoms with Gasteiger partial charge < -0.3 is 4.74 Å². The molecule has 0 N–H and O–H groups in total. The molecule has 0 aliphatic carbocycles. The first kappa shape index (κ1) is 33.9. The van der Waals surface area contributed by atoms with Crippen LogP contribution in [0, 0.1) is 20.8 Å². The van der Waals surface area contributed by atoms with Gasteiger partial charge in [0.25, 0.3) is 0 Å². The van der Waals surface area contributed by atoms with E-state index >= 15 is 0 Å². The summed E-state index contributed by atoms with van der Waals surface area (Å²) >= 11 is 0. The Kier molecular flexibility index (Phi) is 9.91. The number of aryl methyl sites for hydroxylation is 2. The van der Waals surface area contributed by atoms with Gasteiger partial charge in [-0.1, -0.05) is 60.7 Å². The van der Waals surface area contributed by atoms with Crippen LogP contribution in [0.5, 0.6) is 0 Å². The van der Waals surface area contributed by atoms with Crippen molar-refractivity contribution < 1.29 is 39.5 Å². The van der Waals surface area contributed by atoms with Gasteiger partial charge in [0.1, 0.15) is 0 Å². The second-order valence-corrected chi connectivity index (χ2v) is 14.6. The van der Waals surface area contributed by atoms with Crippen LogP contribution in [0.3, 0.4) is 0 Å². The number of nitrogens with zero attached hydrogens (tertiary/aromatic N) is 1. The molecule has 238 valence electrons. The van der Waals surface area contributed by atoms with Crippen LogP contribution in [0.25, 0.3) is 11.1 Å². The van der Waals surface area contributed by atoms with Crippen LogP contribution in [0.4, 0.5) is 13.2 Å². The highest BCUT2D eigenvalue weighted by atomic mass is 32.2. The van der Waals surface area contributed by atoms with Crippen LogP contribution in [-0.4, -0.2) is 40.0 Å². The molecule has 0 fully saturated rings. The Labute approximate surface area is 261 Å². The normalized spacial score (nSPS) is 12.4. The zero-order valence-corrected chi connectivity index (χ0v) is 26.7. The minimum Gasteiger partial charge on any atom is -0.468 e. The van der Waals surface area contributed by atoms with Gasteiger partial charge in [0.05, 0.1) is 22.5 Å². The lowest BCUT2D eigenvalue weighted by Crippen LogP contribution is -2.31. The number of esters is 1. The number of sulfonamides is 1. The molecule has 0 saturated heterocycles. The number of halogens is 3. The third kappa shape index (κ3) is 7.63. The summed E-state index contributed by atoms with van der Waals surface area (Å²) in [6, 6.07) is 21.9. The average molecular weight is 660 g/mol. The lowest BCUT2D eigenvalue weighted by molar-refractivity contribution is -0.139. The summed E-state index contributed by atoms with van der Waals surface area (Å²) in [7, 11) is -6.98. The van der Waals surface area contributed by atoms with Crippen LogP contribution in [0.2, 0.25) is 0 Å². The molecular weight excluding hydrogens is 627 g/mol. The number of carbonyl (C=O) groups is 1. The molecular formula is C33H32F3NO6S2. The van der Waals surface area contributed by atoms with E-state index in [1.54, 1.807) is 61.5 Å². The zero-order chi connectivity index (χ0) is 33.2. The van der Waals surface area contributed by atoms with Crippen molar-refractivity contribution in [3.63, 3.8) is 0 Å². The third-order valence-corrected chi connectivity index (χ3v) is 10.9. The highest BCUT2D eigenvalue weighted by Gasteiger charge is 2.36. The van der Waals surface area contributed by atoms with Gasteiger partial charge >= 0.3 is 12.1 Å². The van der Waals surface area contributed by atoms with Crippen molar-refractivity contribution in [3.8, 4) is 11.1 Å². The van der Waals surface area contributed by atoms with Gasteiger partial charge in [0.2, 0.25) is 10.0 Å². The van der Waals surface area contributed by atoms with E-state index in [9.17, 15) is 34.8 Å². The molecule has 0 heterocycles. The van der Waals surface area contributed by atoms with Gasteiger partial charge in [0.15, 0.2) is 15.6 Å². The highest BCUT2D eigenvalue weighted by molar-refractivity contribution is 7.92. The van der Waals surface area contributed by atoms with Gasteiger partial charge in [-0.2, -0.15) is 17.5 Å². The smallest absolute Gasteiger partial charge is 0.416 e. The van der Waals surface area contributed by atoms with E-state index in [4.69, 9.17) is 0 Å². The molecule has 0 spiro atoms. The summed E-state index contributed by atoms with van der Waals surface area (Å²) in [5.74, 6) is -1.69. The van der Waals surface area contributed by atoms with Crippen molar-refractivity contribution in [2.75, 3.05) is 12.9 Å². The van der Waals surface area contributed by atoms with E-state index in [2.05, 4.69) is 4.74 Å². The Bertz CT molecular complexity index is 1920. The molecule has 0 bridgehead atoms. The molecule has 0 radical (unpaired) electrons. The van der Waals surface area contributed by atoms with E-state index in [1.165, 1.54) is 44.2 Å². The number of hydrogen-bond acceptors (Lipinski definition) is 6. The van der Waals surface area contributed by atoms with Crippen molar-refractivity contribution in [2.24, 2.45) is 0 Å². The maximum Gasteiger partial charge on any atom is 0.416 e. The number of methoxy groups -OCH3 is 1. The summed E-state index contributed by atoms with van der Waals surface area (Å²) in [6.07, 6.45) is -4.61. The SMILES string of the molecule is COC(=O)CS(=O)(=O)c1cccc(-c2ccc(CN(Cc3c(C)cc(C)c(C(F)(F)F)c3C)S(=O)(=O)c3ccccc3)cc2)c1. The fourth-order valence-electron chi connectivity index (χ4n) is 5.22. The Balaban J connectivity index is 1.71. The highest BCUT2D eigenvalue weighted by Crippen LogP contribution is 2.38. The number of alkyl halides is 3. The number of ether oxygens (including phenoxy) is 1. The molecule has 0 atom stereocenters. The van der Waals surface area contributed by atoms with Gasteiger partial charge in [-0.3, -0.25) is 4.79 Å². The van der Waals surface area contributed by atoms with Gasteiger partial charge in [-0.05, 0) is 84.0 Å². The van der Waals surface area contributed by atoms with E-state index in [1.807, 2.05) is 0 Å². The first-order valence-corrected chi connectivity index (χ1v) is 16.8. The standard InChI is InChI=1S/C33H32F3NO6S2/c1-22-17-23(2)32(33(34,35)36)24(3)30(22)20-37(45(41,42)28-10-6-5-7-11-28)19-25-13-15-26(16-14-25)27-9-8-12-29(18-27)44(39,40)21-31(38)43-4/h5-18H,19-21H2,1-4H3. The fraction of sp³-hybridized carbons (Fsp3) is 0.242. The maximum absolute atomic E-state index is 14.0. The largest absolute Gasteiger partial charge is 0.468 e. The molecule has 0 amide bonds. The molecule has 0 unspecified atom stereocenters. The molecule has 4 aromatic rings. The summed E-state index contributed by atoms with van der Waals surface area (Å²) in [6.45, 7) is 3.98. The minimum absolute atomic E-state index is 0.00469. The predicted molar refractivity (Wildman–Crippen MR) is 164 cm³/mol. The van der Waals surface area contributed by atoms with Crippen molar-refractivity contribution in [3.05, 3.63) is 118 Å². The van der Waals surface area contributed by atoms with Crippen LogP contribution in [-0.2, 0) is 48.7 Å². The Morgan fingerprint density at radius 2 is 1.38 bits per heavy atom. The second kappa shape index (κ2) is 13.2. The van der Waals surface area contributed by atoms with Crippen LogP contribution in [0.1, 0.15) is 33.4 Å². The van der Waals surface area contributed by atoms with Gasteiger partial charge in [-0.15, -0.1) is 0 Å². The monoisotopic (exact) mass is 659 g/mol. The molecule has 0 aliphatic rings. The minimum atomic E-state index is -4.61. The van der Waals surface area contributed by atoms with Gasteiger partial charge in [-0.25, -0.2) is 16.8 Å². The molecule has 12 heteroatoms. The van der Waals surface area contributed by atoms with Crippen LogP contribution < -0.4 is 0 Å². The lowest BCUT2D eigenvalue weighted by atomic mass is 9.93. The summed E-state index contributed by atoms with van der Waals surface area (Å²) < 4.78 is 100. The Hall–Kier alpha value is -4.00. The van der Waals surface area contributed by atoms with Crippen molar-refractivity contribution in [1.82, 2.24) is 4.31 Å². The predicted octanol–water partition coefficient (Wildman–Crippen LogP) is 6.64. The van der Waals surface area contributed by atoms with E-state index in [0.717, 1.165) is 11.4 Å². The topological polar surface area (TPSA) is 97.8 Å². The number of carbonyl (C=O) groups excluding carboxylic acids is 1. The molecule has 4 aromatic carbocycles. The molecule has 0 saturated carbocycles. The van der Waals surface area contributed by atoms with Gasteiger partial charge in [0, 0.05) is 13.1 Å². The molecule has 4 rings (SSSR count). The first-order chi connectivity index (χ1) is 21.0. The van der Waals surface area contributed by atoms with E-state index < -0.39 is 43.3 Å². The quantitative estimate of drug-likeness (QED) is 0.177. The average Bonchev–Trinajstić information content (AvgIpc) is 2.98. The van der Waals surface area contributed by atoms with Crippen LogP contribution in [0.15, 0.2) is 94.7 Å².